The van der Waals surface area contributed by atoms with Gasteiger partial charge in [0.15, 0.2) is 5.78 Å². The third-order valence-electron chi connectivity index (χ3n) is 2.68. The summed E-state index contributed by atoms with van der Waals surface area (Å²) in [4.78, 5) is 11.6. The number of allylic oxidation sites excluding steroid dienone is 1. The maximum Gasteiger partial charge on any atom is 0.165 e. The lowest BCUT2D eigenvalue weighted by Gasteiger charge is -2.16. The lowest BCUT2D eigenvalue weighted by atomic mass is 9.93. The van der Waals surface area contributed by atoms with Crippen LogP contribution in [0.25, 0.3) is 0 Å². The molecule has 0 saturated carbocycles. The minimum Gasteiger partial charge on any atom is -0.494 e. The predicted molar refractivity (Wildman–Crippen MR) is 47.1 cm³/mol. The number of aliphatic hydroxyl groups is 1. The quantitative estimate of drug-likeness (QED) is 0.611. The Bertz CT molecular complexity index is 276. The van der Waals surface area contributed by atoms with E-state index in [9.17, 15) is 9.90 Å². The van der Waals surface area contributed by atoms with Gasteiger partial charge in [-0.3, -0.25) is 4.79 Å². The largest absolute Gasteiger partial charge is 0.494 e. The van der Waals surface area contributed by atoms with Crippen molar-refractivity contribution in [3.8, 4) is 0 Å². The van der Waals surface area contributed by atoms with Crippen LogP contribution in [0.3, 0.4) is 0 Å². The van der Waals surface area contributed by atoms with E-state index in [0.717, 1.165) is 25.0 Å². The van der Waals surface area contributed by atoms with Gasteiger partial charge in [0.05, 0.1) is 5.57 Å². The molecule has 0 radical (unpaired) electrons. The highest BCUT2D eigenvalue weighted by Crippen LogP contribution is 2.35. The summed E-state index contributed by atoms with van der Waals surface area (Å²) in [7, 11) is 0. The Balaban J connectivity index is 2.38. The van der Waals surface area contributed by atoms with Crippen LogP contribution in [-0.4, -0.2) is 23.1 Å². The van der Waals surface area contributed by atoms with Gasteiger partial charge < -0.3 is 9.84 Å². The first-order valence-electron chi connectivity index (χ1n) is 4.73. The minimum atomic E-state index is -1.04. The van der Waals surface area contributed by atoms with Crippen molar-refractivity contribution in [2.45, 2.75) is 38.2 Å². The number of rotatable bonds is 0. The molecule has 0 bridgehead atoms. The fraction of sp³-hybridized carbons (Fsp3) is 0.700. The number of carbonyl (C=O) groups excluding carboxylic acids is 1. The van der Waals surface area contributed by atoms with Gasteiger partial charge in [-0.2, -0.15) is 0 Å². The van der Waals surface area contributed by atoms with Gasteiger partial charge in [0.1, 0.15) is 18.0 Å². The number of ether oxygens (including phenoxy) is 1. The van der Waals surface area contributed by atoms with E-state index in [4.69, 9.17) is 4.74 Å². The molecule has 1 aliphatic carbocycles. The molecule has 2 aliphatic rings. The number of carbonyl (C=O) groups is 1. The Hall–Kier alpha value is -0.830. The molecule has 0 saturated heterocycles. The smallest absolute Gasteiger partial charge is 0.165 e. The van der Waals surface area contributed by atoms with Gasteiger partial charge in [0, 0.05) is 12.8 Å². The fourth-order valence-corrected chi connectivity index (χ4v) is 2.02. The molecular weight excluding hydrogens is 168 g/mol. The molecule has 1 N–H and O–H groups in total. The molecule has 3 heteroatoms. The van der Waals surface area contributed by atoms with Crippen LogP contribution in [-0.2, 0) is 9.53 Å². The van der Waals surface area contributed by atoms with Gasteiger partial charge in [-0.05, 0) is 19.8 Å². The molecule has 0 aromatic rings. The van der Waals surface area contributed by atoms with E-state index in [-0.39, 0.29) is 12.4 Å². The molecule has 72 valence electrons. The van der Waals surface area contributed by atoms with Crippen LogP contribution >= 0.6 is 0 Å². The lowest BCUT2D eigenvalue weighted by Crippen LogP contribution is -2.31. The summed E-state index contributed by atoms with van der Waals surface area (Å²) < 4.78 is 5.33. The molecule has 3 nitrogen and oxygen atoms in total. The second kappa shape index (κ2) is 2.84. The Morgan fingerprint density at radius 1 is 1.38 bits per heavy atom. The molecule has 13 heavy (non-hydrogen) atoms. The fourth-order valence-electron chi connectivity index (χ4n) is 2.02. The molecule has 0 spiro atoms. The molecule has 0 aromatic carbocycles. The first-order chi connectivity index (χ1) is 6.11. The Morgan fingerprint density at radius 2 is 2.08 bits per heavy atom. The van der Waals surface area contributed by atoms with E-state index >= 15 is 0 Å². The maximum absolute atomic E-state index is 11.6. The molecular formula is C10H14O3. The minimum absolute atomic E-state index is 0.0648. The van der Waals surface area contributed by atoms with Gasteiger partial charge in [-0.15, -0.1) is 0 Å². The number of Topliss-reactive ketones (excluding diaryl/α,β-unsaturated/α-hetero) is 1. The van der Waals surface area contributed by atoms with Crippen molar-refractivity contribution in [3.63, 3.8) is 0 Å². The topological polar surface area (TPSA) is 46.5 Å². The van der Waals surface area contributed by atoms with Gasteiger partial charge >= 0.3 is 0 Å². The highest BCUT2D eigenvalue weighted by atomic mass is 16.5. The van der Waals surface area contributed by atoms with Crippen molar-refractivity contribution in [2.24, 2.45) is 0 Å². The molecule has 1 atom stereocenters. The standard InChI is InChI=1S/C10H14O3/c1-10(12)6-13-8-5-3-2-4-7(11)9(8)10/h12H,2-6H2,1H3. The van der Waals surface area contributed by atoms with Crippen LogP contribution in [0.2, 0.25) is 0 Å². The first kappa shape index (κ1) is 8.75. The highest BCUT2D eigenvalue weighted by molar-refractivity contribution is 5.98. The Morgan fingerprint density at radius 3 is 2.85 bits per heavy atom. The van der Waals surface area contributed by atoms with E-state index < -0.39 is 5.60 Å². The highest BCUT2D eigenvalue weighted by Gasteiger charge is 2.41. The normalized spacial score (nSPS) is 34.2. The third-order valence-corrected chi connectivity index (χ3v) is 2.68. The van der Waals surface area contributed by atoms with Crippen molar-refractivity contribution >= 4 is 5.78 Å². The average molecular weight is 182 g/mol. The SMILES string of the molecule is CC1(O)COC2=C1C(=O)CCCC2. The molecule has 1 unspecified atom stereocenters. The van der Waals surface area contributed by atoms with Crippen LogP contribution in [0.15, 0.2) is 11.3 Å². The molecule has 2 rings (SSSR count). The van der Waals surface area contributed by atoms with Crippen molar-refractivity contribution in [2.75, 3.05) is 6.61 Å². The van der Waals surface area contributed by atoms with Crippen molar-refractivity contribution < 1.29 is 14.6 Å². The second-order valence-corrected chi connectivity index (χ2v) is 3.99. The van der Waals surface area contributed by atoms with Crippen LogP contribution in [0.4, 0.5) is 0 Å². The summed E-state index contributed by atoms with van der Waals surface area (Å²) in [5.74, 6) is 0.794. The van der Waals surface area contributed by atoms with Gasteiger partial charge in [0.25, 0.3) is 0 Å². The van der Waals surface area contributed by atoms with E-state index in [0.29, 0.717) is 12.0 Å². The van der Waals surface area contributed by atoms with Gasteiger partial charge in [-0.1, -0.05) is 0 Å². The van der Waals surface area contributed by atoms with Crippen molar-refractivity contribution in [3.05, 3.63) is 11.3 Å². The van der Waals surface area contributed by atoms with E-state index in [2.05, 4.69) is 0 Å². The van der Waals surface area contributed by atoms with Crippen molar-refractivity contribution in [1.29, 1.82) is 0 Å². The average Bonchev–Trinajstić information content (AvgIpc) is 2.26. The molecule has 1 aliphatic heterocycles. The van der Waals surface area contributed by atoms with E-state index in [1.54, 1.807) is 6.92 Å². The van der Waals surface area contributed by atoms with Crippen LogP contribution in [0.5, 0.6) is 0 Å². The zero-order valence-electron chi connectivity index (χ0n) is 7.80. The van der Waals surface area contributed by atoms with Crippen LogP contribution in [0.1, 0.15) is 32.6 Å². The van der Waals surface area contributed by atoms with E-state index in [1.165, 1.54) is 0 Å². The Kier molecular flexibility index (Phi) is 1.91. The molecule has 0 amide bonds. The number of hydrogen-bond acceptors (Lipinski definition) is 3. The second-order valence-electron chi connectivity index (χ2n) is 3.99. The van der Waals surface area contributed by atoms with Crippen LogP contribution < -0.4 is 0 Å². The summed E-state index contributed by atoms with van der Waals surface area (Å²) in [5.41, 5.74) is -0.512. The monoisotopic (exact) mass is 182 g/mol. The van der Waals surface area contributed by atoms with E-state index in [1.807, 2.05) is 0 Å². The first-order valence-corrected chi connectivity index (χ1v) is 4.73. The lowest BCUT2D eigenvalue weighted by molar-refractivity contribution is -0.117. The molecule has 0 aromatic heterocycles. The zero-order valence-corrected chi connectivity index (χ0v) is 7.80. The summed E-state index contributed by atoms with van der Waals surface area (Å²) in [6.07, 6.45) is 3.25. The van der Waals surface area contributed by atoms with Crippen molar-refractivity contribution in [1.82, 2.24) is 0 Å². The Labute approximate surface area is 77.4 Å². The zero-order chi connectivity index (χ0) is 9.47. The summed E-state index contributed by atoms with van der Waals surface area (Å²) in [6.45, 7) is 1.89. The van der Waals surface area contributed by atoms with Crippen LogP contribution in [0, 0.1) is 0 Å². The molecule has 0 fully saturated rings. The number of hydrogen-bond donors (Lipinski definition) is 1. The van der Waals surface area contributed by atoms with Gasteiger partial charge in [0.2, 0.25) is 0 Å². The summed E-state index contributed by atoms with van der Waals surface area (Å²) >= 11 is 0. The maximum atomic E-state index is 11.6. The number of ketones is 1. The predicted octanol–water partition coefficient (Wildman–Crippen LogP) is 1.16. The summed E-state index contributed by atoms with van der Waals surface area (Å²) in [5, 5.41) is 9.88. The van der Waals surface area contributed by atoms with Gasteiger partial charge in [-0.25, -0.2) is 0 Å². The third kappa shape index (κ3) is 1.37. The molecule has 1 heterocycles. The summed E-state index contributed by atoms with van der Waals surface area (Å²) in [6, 6.07) is 0.